The molecule has 1 atom stereocenters. The molecule has 0 saturated heterocycles. The maximum Gasteiger partial charge on any atom is 0.207 e. The molecular formula is C17H16F5NO. The molecule has 0 heterocycles. The normalized spacial score (nSPS) is 12.4. The minimum atomic E-state index is -2.22. The molecule has 2 aromatic rings. The van der Waals surface area contributed by atoms with Crippen molar-refractivity contribution in [3.63, 3.8) is 0 Å². The number of benzene rings is 2. The van der Waals surface area contributed by atoms with Crippen LogP contribution in [0.3, 0.4) is 0 Å². The molecule has 1 N–H and O–H groups in total. The molecule has 2 rings (SSSR count). The van der Waals surface area contributed by atoms with Crippen molar-refractivity contribution in [2.75, 3.05) is 5.32 Å². The van der Waals surface area contributed by atoms with E-state index in [0.717, 1.165) is 5.69 Å². The number of hydrogen-bond acceptors (Lipinski definition) is 2. The van der Waals surface area contributed by atoms with E-state index in [4.69, 9.17) is 4.74 Å². The van der Waals surface area contributed by atoms with Crippen molar-refractivity contribution in [1.82, 2.24) is 0 Å². The van der Waals surface area contributed by atoms with E-state index in [9.17, 15) is 22.0 Å². The van der Waals surface area contributed by atoms with Crippen LogP contribution in [0.15, 0.2) is 24.3 Å². The standard InChI is InChI=1S/C17H16F5NO/c1-8(2)9(3)23-10-4-6-11(7-5-10)24-17-15(21)13(19)12(18)14(20)16(17)22/h4-9,23H,1-3H3. The molecule has 0 radical (unpaired) electrons. The van der Waals surface area contributed by atoms with Gasteiger partial charge in [0, 0.05) is 11.7 Å². The molecule has 24 heavy (non-hydrogen) atoms. The molecule has 0 aliphatic rings. The Morgan fingerprint density at radius 2 is 1.21 bits per heavy atom. The first kappa shape index (κ1) is 18.0. The van der Waals surface area contributed by atoms with Gasteiger partial charge in [0.25, 0.3) is 0 Å². The maximum atomic E-state index is 13.6. The second-order valence-electron chi connectivity index (χ2n) is 5.70. The Bertz CT molecular complexity index is 702. The fourth-order valence-corrected chi connectivity index (χ4v) is 1.84. The van der Waals surface area contributed by atoms with Crippen molar-refractivity contribution in [3.8, 4) is 11.5 Å². The summed E-state index contributed by atoms with van der Waals surface area (Å²) in [5.74, 6) is -11.3. The summed E-state index contributed by atoms with van der Waals surface area (Å²) in [4.78, 5) is 0. The third-order valence-electron chi connectivity index (χ3n) is 3.64. The first-order valence-corrected chi connectivity index (χ1v) is 7.28. The van der Waals surface area contributed by atoms with Crippen LogP contribution in [0.1, 0.15) is 20.8 Å². The van der Waals surface area contributed by atoms with E-state index in [0.29, 0.717) is 5.92 Å². The van der Waals surface area contributed by atoms with Gasteiger partial charge < -0.3 is 10.1 Å². The fraction of sp³-hybridized carbons (Fsp3) is 0.294. The molecule has 0 saturated carbocycles. The maximum absolute atomic E-state index is 13.6. The Balaban J connectivity index is 2.24. The molecule has 0 aliphatic carbocycles. The predicted octanol–water partition coefficient (Wildman–Crippen LogP) is 5.63. The summed E-state index contributed by atoms with van der Waals surface area (Å²) in [6.45, 7) is 6.07. The van der Waals surface area contributed by atoms with Crippen molar-refractivity contribution in [2.45, 2.75) is 26.8 Å². The Morgan fingerprint density at radius 1 is 0.750 bits per heavy atom. The smallest absolute Gasteiger partial charge is 0.207 e. The van der Waals surface area contributed by atoms with Crippen molar-refractivity contribution < 1.29 is 26.7 Å². The molecule has 7 heteroatoms. The molecule has 0 aliphatic heterocycles. The van der Waals surface area contributed by atoms with Crippen molar-refractivity contribution in [3.05, 3.63) is 53.4 Å². The van der Waals surface area contributed by atoms with Crippen LogP contribution in [0, 0.1) is 35.0 Å². The topological polar surface area (TPSA) is 21.3 Å². The Hall–Kier alpha value is -2.31. The highest BCUT2D eigenvalue weighted by atomic mass is 19.2. The minimum Gasteiger partial charge on any atom is -0.451 e. The molecule has 0 spiro atoms. The zero-order valence-corrected chi connectivity index (χ0v) is 13.3. The number of hydrogen-bond donors (Lipinski definition) is 1. The Morgan fingerprint density at radius 3 is 1.67 bits per heavy atom. The van der Waals surface area contributed by atoms with Crippen LogP contribution in [0.5, 0.6) is 11.5 Å². The Labute approximate surface area is 136 Å². The summed E-state index contributed by atoms with van der Waals surface area (Å²) >= 11 is 0. The number of anilines is 1. The second-order valence-corrected chi connectivity index (χ2v) is 5.70. The lowest BCUT2D eigenvalue weighted by molar-refractivity contribution is 0.332. The molecular weight excluding hydrogens is 329 g/mol. The summed E-state index contributed by atoms with van der Waals surface area (Å²) in [5, 5.41) is 3.21. The van der Waals surface area contributed by atoms with E-state index in [-0.39, 0.29) is 11.8 Å². The number of rotatable bonds is 5. The van der Waals surface area contributed by atoms with Crippen molar-refractivity contribution in [1.29, 1.82) is 0 Å². The van der Waals surface area contributed by atoms with Crippen LogP contribution in [-0.2, 0) is 0 Å². The van der Waals surface area contributed by atoms with Crippen LogP contribution in [-0.4, -0.2) is 6.04 Å². The monoisotopic (exact) mass is 345 g/mol. The van der Waals surface area contributed by atoms with Gasteiger partial charge in [-0.2, -0.15) is 8.78 Å². The lowest BCUT2D eigenvalue weighted by Gasteiger charge is -2.19. The highest BCUT2D eigenvalue weighted by Gasteiger charge is 2.27. The molecule has 130 valence electrons. The lowest BCUT2D eigenvalue weighted by Crippen LogP contribution is -2.21. The van der Waals surface area contributed by atoms with E-state index in [1.165, 1.54) is 12.1 Å². The van der Waals surface area contributed by atoms with Gasteiger partial charge in [0.15, 0.2) is 0 Å². The van der Waals surface area contributed by atoms with Gasteiger partial charge in [-0.25, -0.2) is 13.2 Å². The SMILES string of the molecule is CC(C)C(C)Nc1ccc(Oc2c(F)c(F)c(F)c(F)c2F)cc1. The highest BCUT2D eigenvalue weighted by Crippen LogP contribution is 2.33. The summed E-state index contributed by atoms with van der Waals surface area (Å²) < 4.78 is 71.2. The lowest BCUT2D eigenvalue weighted by atomic mass is 10.1. The van der Waals surface area contributed by atoms with Gasteiger partial charge in [-0.15, -0.1) is 0 Å². The fourth-order valence-electron chi connectivity index (χ4n) is 1.84. The van der Waals surface area contributed by atoms with Crippen LogP contribution >= 0.6 is 0 Å². The zero-order valence-electron chi connectivity index (χ0n) is 13.3. The molecule has 0 amide bonds. The third-order valence-corrected chi connectivity index (χ3v) is 3.64. The van der Waals surface area contributed by atoms with Crippen molar-refractivity contribution in [2.24, 2.45) is 5.92 Å². The van der Waals surface area contributed by atoms with E-state index >= 15 is 0 Å². The van der Waals surface area contributed by atoms with E-state index in [1.807, 2.05) is 20.8 Å². The van der Waals surface area contributed by atoms with Gasteiger partial charge >= 0.3 is 0 Å². The van der Waals surface area contributed by atoms with E-state index in [2.05, 4.69) is 5.32 Å². The molecule has 0 aromatic heterocycles. The molecule has 2 aromatic carbocycles. The summed E-state index contributed by atoms with van der Waals surface area (Å²) in [6.07, 6.45) is 0. The number of nitrogens with one attached hydrogen (secondary N) is 1. The second kappa shape index (κ2) is 7.07. The first-order chi connectivity index (χ1) is 11.2. The minimum absolute atomic E-state index is 0.0547. The van der Waals surface area contributed by atoms with Crippen LogP contribution in [0.2, 0.25) is 0 Å². The summed E-state index contributed by atoms with van der Waals surface area (Å²) in [6, 6.07) is 6.09. The van der Waals surface area contributed by atoms with E-state index in [1.54, 1.807) is 12.1 Å². The van der Waals surface area contributed by atoms with E-state index < -0.39 is 34.8 Å². The Kier molecular flexibility index (Phi) is 5.31. The number of ether oxygens (including phenoxy) is 1. The molecule has 1 unspecified atom stereocenters. The van der Waals surface area contributed by atoms with Crippen LogP contribution < -0.4 is 10.1 Å². The molecule has 0 fully saturated rings. The van der Waals surface area contributed by atoms with Gasteiger partial charge in [0.05, 0.1) is 0 Å². The number of halogens is 5. The predicted molar refractivity (Wildman–Crippen MR) is 80.7 cm³/mol. The van der Waals surface area contributed by atoms with Crippen molar-refractivity contribution >= 4 is 5.69 Å². The average molecular weight is 345 g/mol. The zero-order chi connectivity index (χ0) is 18.0. The summed E-state index contributed by atoms with van der Waals surface area (Å²) in [7, 11) is 0. The van der Waals surface area contributed by atoms with Crippen LogP contribution in [0.4, 0.5) is 27.6 Å². The van der Waals surface area contributed by atoms with Gasteiger partial charge in [0.2, 0.25) is 34.8 Å². The summed E-state index contributed by atoms with van der Waals surface area (Å²) in [5.41, 5.74) is 0.737. The third kappa shape index (κ3) is 3.60. The van der Waals surface area contributed by atoms with Gasteiger partial charge in [0.1, 0.15) is 5.75 Å². The van der Waals surface area contributed by atoms with Crippen LogP contribution in [0.25, 0.3) is 0 Å². The highest BCUT2D eigenvalue weighted by molar-refractivity contribution is 5.48. The van der Waals surface area contributed by atoms with Gasteiger partial charge in [-0.3, -0.25) is 0 Å². The largest absolute Gasteiger partial charge is 0.451 e. The van der Waals surface area contributed by atoms with Gasteiger partial charge in [-0.05, 0) is 37.1 Å². The average Bonchev–Trinajstić information content (AvgIpc) is 2.56. The quantitative estimate of drug-likeness (QED) is 0.431. The first-order valence-electron chi connectivity index (χ1n) is 7.28. The molecule has 0 bridgehead atoms. The molecule has 2 nitrogen and oxygen atoms in total. The van der Waals surface area contributed by atoms with Gasteiger partial charge in [-0.1, -0.05) is 13.8 Å².